The van der Waals surface area contributed by atoms with E-state index in [1.807, 2.05) is 54.6 Å². The second kappa shape index (κ2) is 10.8. The first kappa shape index (κ1) is 26.6. The van der Waals surface area contributed by atoms with Crippen LogP contribution < -0.4 is 11.3 Å². The Hall–Kier alpha value is -4.61. The first-order valence-corrected chi connectivity index (χ1v) is 13.6. The maximum absolute atomic E-state index is 13.5. The third-order valence-electron chi connectivity index (χ3n) is 7.79. The summed E-state index contributed by atoms with van der Waals surface area (Å²) in [5.41, 5.74) is 9.01. The van der Waals surface area contributed by atoms with E-state index in [4.69, 9.17) is 10.3 Å². The summed E-state index contributed by atoms with van der Waals surface area (Å²) in [5, 5.41) is 20.0. The average Bonchev–Trinajstić information content (AvgIpc) is 3.59. The highest BCUT2D eigenvalue weighted by atomic mass is 16.5. The SMILES string of the molecule is Cc1onc(Cc2ccccc2)c1C(=O)N1CCC(O)(Cn2cnn3c(-c4ccc(CN)cc4)cnc3c2=O)CC1. The summed E-state index contributed by atoms with van der Waals surface area (Å²) in [5.74, 6) is 0.309. The molecule has 0 saturated carbocycles. The van der Waals surface area contributed by atoms with Crippen LogP contribution in [0.1, 0.15) is 45.8 Å². The number of rotatable bonds is 7. The lowest BCUT2D eigenvalue weighted by atomic mass is 9.90. The van der Waals surface area contributed by atoms with Crippen molar-refractivity contribution in [2.45, 2.75) is 44.9 Å². The van der Waals surface area contributed by atoms with Gasteiger partial charge < -0.3 is 20.3 Å². The maximum atomic E-state index is 13.5. The highest BCUT2D eigenvalue weighted by Crippen LogP contribution is 2.27. The Morgan fingerprint density at radius 2 is 1.80 bits per heavy atom. The van der Waals surface area contributed by atoms with E-state index in [0.29, 0.717) is 61.6 Å². The minimum Gasteiger partial charge on any atom is -0.388 e. The Labute approximate surface area is 235 Å². The summed E-state index contributed by atoms with van der Waals surface area (Å²) >= 11 is 0. The first-order valence-electron chi connectivity index (χ1n) is 13.6. The van der Waals surface area contributed by atoms with Gasteiger partial charge in [0.2, 0.25) is 5.65 Å². The molecule has 1 aliphatic heterocycles. The molecule has 41 heavy (non-hydrogen) atoms. The summed E-state index contributed by atoms with van der Waals surface area (Å²) < 4.78 is 8.29. The zero-order valence-electron chi connectivity index (χ0n) is 22.7. The van der Waals surface area contributed by atoms with Gasteiger partial charge in [0, 0.05) is 31.6 Å². The molecule has 4 heterocycles. The van der Waals surface area contributed by atoms with Gasteiger partial charge in [0.15, 0.2) is 0 Å². The zero-order chi connectivity index (χ0) is 28.6. The van der Waals surface area contributed by atoms with Crippen molar-refractivity contribution in [3.05, 3.63) is 106 Å². The van der Waals surface area contributed by atoms with Crippen LogP contribution >= 0.6 is 0 Å². The molecule has 3 aromatic heterocycles. The highest BCUT2D eigenvalue weighted by molar-refractivity contribution is 5.96. The molecule has 0 radical (unpaired) electrons. The van der Waals surface area contributed by atoms with Crippen LogP contribution in [0.2, 0.25) is 0 Å². The molecule has 210 valence electrons. The van der Waals surface area contributed by atoms with Gasteiger partial charge in [-0.1, -0.05) is 59.8 Å². The summed E-state index contributed by atoms with van der Waals surface area (Å²) in [7, 11) is 0. The van der Waals surface area contributed by atoms with Gasteiger partial charge in [-0.2, -0.15) is 5.10 Å². The summed E-state index contributed by atoms with van der Waals surface area (Å²) in [4.78, 5) is 32.8. The monoisotopic (exact) mass is 553 g/mol. The lowest BCUT2D eigenvalue weighted by molar-refractivity contribution is -0.0300. The second-order valence-corrected chi connectivity index (χ2v) is 10.6. The van der Waals surface area contributed by atoms with Crippen LogP contribution in [0.15, 0.2) is 76.4 Å². The van der Waals surface area contributed by atoms with E-state index in [-0.39, 0.29) is 23.7 Å². The van der Waals surface area contributed by atoms with Crippen LogP contribution in [0.5, 0.6) is 0 Å². The van der Waals surface area contributed by atoms with Crippen LogP contribution in [-0.4, -0.2) is 58.9 Å². The Balaban J connectivity index is 1.15. The number of aromatic nitrogens is 5. The van der Waals surface area contributed by atoms with Gasteiger partial charge in [0.05, 0.1) is 24.0 Å². The van der Waals surface area contributed by atoms with Crippen molar-refractivity contribution in [2.24, 2.45) is 5.73 Å². The average molecular weight is 554 g/mol. The van der Waals surface area contributed by atoms with Crippen LogP contribution in [0, 0.1) is 6.92 Å². The standard InChI is InChI=1S/C30H31N7O4/c1-20-26(24(34-41-20)15-21-5-3-2-4-6-21)28(38)35-13-11-30(40,12-14-35)18-36-19-33-37-25(17-32-27(37)29(36)39)23-9-7-22(16-31)8-10-23/h2-10,17,19,40H,11-16,18,31H2,1H3. The molecule has 11 heteroatoms. The van der Waals surface area contributed by atoms with Gasteiger partial charge in [-0.15, -0.1) is 0 Å². The number of likely N-dealkylation sites (tertiary alicyclic amines) is 1. The van der Waals surface area contributed by atoms with Crippen molar-refractivity contribution < 1.29 is 14.4 Å². The van der Waals surface area contributed by atoms with Gasteiger partial charge in [-0.3, -0.25) is 14.2 Å². The molecule has 0 bridgehead atoms. The quantitative estimate of drug-likeness (QED) is 0.313. The minimum atomic E-state index is -1.18. The van der Waals surface area contributed by atoms with Gasteiger partial charge in [-0.05, 0) is 30.9 Å². The Bertz CT molecular complexity index is 1750. The molecule has 11 nitrogen and oxygen atoms in total. The molecule has 2 aromatic carbocycles. The molecule has 1 saturated heterocycles. The Morgan fingerprint density at radius 3 is 2.51 bits per heavy atom. The van der Waals surface area contributed by atoms with Crippen LogP contribution in [0.4, 0.5) is 0 Å². The summed E-state index contributed by atoms with van der Waals surface area (Å²) in [6.45, 7) is 2.90. The summed E-state index contributed by atoms with van der Waals surface area (Å²) in [6, 6.07) is 17.5. The zero-order valence-corrected chi connectivity index (χ0v) is 22.7. The molecular formula is C30H31N7O4. The fraction of sp³-hybridized carbons (Fsp3) is 0.300. The van der Waals surface area contributed by atoms with E-state index in [2.05, 4.69) is 15.2 Å². The number of aliphatic hydroxyl groups is 1. The molecule has 6 rings (SSSR count). The molecular weight excluding hydrogens is 522 g/mol. The Morgan fingerprint density at radius 1 is 1.07 bits per heavy atom. The predicted octanol–water partition coefficient (Wildman–Crippen LogP) is 2.57. The number of carbonyl (C=O) groups is 1. The van der Waals surface area contributed by atoms with E-state index in [1.165, 1.54) is 15.4 Å². The van der Waals surface area contributed by atoms with Gasteiger partial charge in [0.25, 0.3) is 11.5 Å². The van der Waals surface area contributed by atoms with E-state index < -0.39 is 5.60 Å². The van der Waals surface area contributed by atoms with E-state index in [9.17, 15) is 14.7 Å². The van der Waals surface area contributed by atoms with Crippen LogP contribution in [0.3, 0.4) is 0 Å². The van der Waals surface area contributed by atoms with Gasteiger partial charge in [-0.25, -0.2) is 9.50 Å². The molecule has 0 spiro atoms. The fourth-order valence-corrected chi connectivity index (χ4v) is 5.39. The molecule has 0 unspecified atom stereocenters. The number of carbonyl (C=O) groups excluding carboxylic acids is 1. The van der Waals surface area contributed by atoms with Gasteiger partial charge >= 0.3 is 0 Å². The van der Waals surface area contributed by atoms with Crippen LogP contribution in [0.25, 0.3) is 16.9 Å². The number of nitrogens with zero attached hydrogens (tertiary/aromatic N) is 6. The van der Waals surface area contributed by atoms with E-state index >= 15 is 0 Å². The molecule has 0 atom stereocenters. The fourth-order valence-electron chi connectivity index (χ4n) is 5.39. The Kier molecular flexibility index (Phi) is 6.98. The number of aryl methyl sites for hydroxylation is 1. The molecule has 1 amide bonds. The van der Waals surface area contributed by atoms with Crippen molar-refractivity contribution in [1.29, 1.82) is 0 Å². The number of fused-ring (bicyclic) bond motifs is 1. The van der Waals surface area contributed by atoms with Crippen molar-refractivity contribution in [2.75, 3.05) is 13.1 Å². The smallest absolute Gasteiger partial charge is 0.296 e. The van der Waals surface area contributed by atoms with E-state index in [1.54, 1.807) is 18.0 Å². The minimum absolute atomic E-state index is 0.0519. The van der Waals surface area contributed by atoms with Crippen molar-refractivity contribution >= 4 is 11.6 Å². The lowest BCUT2D eigenvalue weighted by Crippen LogP contribution is -2.50. The van der Waals surface area contributed by atoms with Gasteiger partial charge in [0.1, 0.15) is 23.3 Å². The van der Waals surface area contributed by atoms with Crippen LogP contribution in [-0.2, 0) is 19.5 Å². The number of piperidine rings is 1. The molecule has 1 aliphatic rings. The van der Waals surface area contributed by atoms with E-state index in [0.717, 1.165) is 16.7 Å². The number of amides is 1. The first-order chi connectivity index (χ1) is 19.8. The number of nitrogens with two attached hydrogens (primary N) is 1. The van der Waals surface area contributed by atoms with Crippen molar-refractivity contribution in [3.63, 3.8) is 0 Å². The number of hydrogen-bond donors (Lipinski definition) is 2. The topological polar surface area (TPSA) is 145 Å². The van der Waals surface area contributed by atoms with Crippen molar-refractivity contribution in [3.8, 4) is 11.3 Å². The third kappa shape index (κ3) is 5.17. The molecule has 0 aliphatic carbocycles. The normalized spacial score (nSPS) is 15.0. The molecule has 3 N–H and O–H groups in total. The molecule has 5 aromatic rings. The largest absolute Gasteiger partial charge is 0.388 e. The second-order valence-electron chi connectivity index (χ2n) is 10.6. The lowest BCUT2D eigenvalue weighted by Gasteiger charge is -2.38. The number of hydrogen-bond acceptors (Lipinski definition) is 8. The number of imidazole rings is 1. The maximum Gasteiger partial charge on any atom is 0.296 e. The molecule has 1 fully saturated rings. The summed E-state index contributed by atoms with van der Waals surface area (Å²) in [6.07, 6.45) is 4.15. The van der Waals surface area contributed by atoms with Crippen molar-refractivity contribution in [1.82, 2.24) is 29.2 Å². The number of benzene rings is 2. The third-order valence-corrected chi connectivity index (χ3v) is 7.79. The highest BCUT2D eigenvalue weighted by Gasteiger charge is 2.36. The predicted molar refractivity (Wildman–Crippen MR) is 151 cm³/mol.